The highest BCUT2D eigenvalue weighted by molar-refractivity contribution is 6.46. The Bertz CT molecular complexity index is 1120. The van der Waals surface area contributed by atoms with Crippen LogP contribution in [0.5, 0.6) is 17.2 Å². The Morgan fingerprint density at radius 2 is 2.00 bits per heavy atom. The summed E-state index contributed by atoms with van der Waals surface area (Å²) in [5.41, 5.74) is 1.99. The van der Waals surface area contributed by atoms with Crippen molar-refractivity contribution in [3.63, 3.8) is 0 Å². The predicted octanol–water partition coefficient (Wildman–Crippen LogP) is 2.71. The maximum absolute atomic E-state index is 13.1. The van der Waals surface area contributed by atoms with Crippen LogP contribution in [0, 0.1) is 0 Å². The number of hydrogen-bond donors (Lipinski definition) is 2. The first-order valence-electron chi connectivity index (χ1n) is 11.0. The first-order chi connectivity index (χ1) is 15.8. The Morgan fingerprint density at radius 1 is 1.21 bits per heavy atom. The van der Waals surface area contributed by atoms with Crippen molar-refractivity contribution >= 4 is 17.4 Å². The van der Waals surface area contributed by atoms with Crippen LogP contribution in [-0.2, 0) is 16.0 Å². The molecule has 2 heterocycles. The fourth-order valence-electron chi connectivity index (χ4n) is 4.23. The molecule has 174 valence electrons. The Labute approximate surface area is 192 Å². The number of rotatable bonds is 7. The van der Waals surface area contributed by atoms with E-state index in [1.807, 2.05) is 19.0 Å². The monoisotopic (exact) mass is 452 g/mol. The van der Waals surface area contributed by atoms with Crippen molar-refractivity contribution in [2.24, 2.45) is 0 Å². The van der Waals surface area contributed by atoms with Crippen molar-refractivity contribution in [3.05, 3.63) is 58.7 Å². The molecule has 2 N–H and O–H groups in total. The minimum Gasteiger partial charge on any atom is -0.507 e. The van der Waals surface area contributed by atoms with Crippen LogP contribution in [0.3, 0.4) is 0 Å². The number of phenols is 1. The third-order valence-electron chi connectivity index (χ3n) is 5.89. The summed E-state index contributed by atoms with van der Waals surface area (Å²) in [7, 11) is 3.76. The Morgan fingerprint density at radius 3 is 2.73 bits per heavy atom. The largest absolute Gasteiger partial charge is 0.507 e. The van der Waals surface area contributed by atoms with Crippen LogP contribution in [-0.4, -0.2) is 72.1 Å². The van der Waals surface area contributed by atoms with Gasteiger partial charge in [-0.2, -0.15) is 0 Å². The van der Waals surface area contributed by atoms with E-state index in [0.717, 1.165) is 11.3 Å². The molecule has 2 aromatic carbocycles. The second-order valence-electron chi connectivity index (χ2n) is 8.38. The minimum atomic E-state index is -0.811. The number of aromatic hydroxyl groups is 1. The van der Waals surface area contributed by atoms with Gasteiger partial charge in [0.15, 0.2) is 11.5 Å². The molecule has 0 bridgehead atoms. The Hall–Kier alpha value is -3.52. The van der Waals surface area contributed by atoms with E-state index in [2.05, 4.69) is 0 Å². The number of carbonyl (C=O) groups is 2. The lowest BCUT2D eigenvalue weighted by molar-refractivity contribution is -0.140. The van der Waals surface area contributed by atoms with Crippen LogP contribution in [0.2, 0.25) is 0 Å². The third kappa shape index (κ3) is 4.26. The van der Waals surface area contributed by atoms with E-state index in [1.54, 1.807) is 37.3 Å². The summed E-state index contributed by atoms with van der Waals surface area (Å²) in [5, 5.41) is 21.4. The van der Waals surface area contributed by atoms with Gasteiger partial charge in [0, 0.05) is 25.1 Å². The highest BCUT2D eigenvalue weighted by Crippen LogP contribution is 2.42. The van der Waals surface area contributed by atoms with Crippen molar-refractivity contribution in [2.75, 3.05) is 40.4 Å². The highest BCUT2D eigenvalue weighted by atomic mass is 16.5. The molecule has 2 aromatic rings. The van der Waals surface area contributed by atoms with E-state index in [0.29, 0.717) is 43.9 Å². The molecule has 1 saturated heterocycles. The Kier molecular flexibility index (Phi) is 6.29. The van der Waals surface area contributed by atoms with Gasteiger partial charge in [0.2, 0.25) is 0 Å². The second-order valence-corrected chi connectivity index (χ2v) is 8.38. The molecule has 1 amide bonds. The number of ketones is 1. The van der Waals surface area contributed by atoms with Gasteiger partial charge in [-0.1, -0.05) is 6.07 Å². The predicted molar refractivity (Wildman–Crippen MR) is 122 cm³/mol. The summed E-state index contributed by atoms with van der Waals surface area (Å²) in [4.78, 5) is 29.5. The number of amides is 1. The zero-order valence-electron chi connectivity index (χ0n) is 19.0. The van der Waals surface area contributed by atoms with Gasteiger partial charge >= 0.3 is 0 Å². The third-order valence-corrected chi connectivity index (χ3v) is 5.89. The van der Waals surface area contributed by atoms with Gasteiger partial charge in [-0.05, 0) is 62.5 Å². The van der Waals surface area contributed by atoms with Gasteiger partial charge in [-0.3, -0.25) is 9.59 Å². The molecule has 1 atom stereocenters. The lowest BCUT2D eigenvalue weighted by Crippen LogP contribution is -2.35. The molecule has 0 radical (unpaired) electrons. The van der Waals surface area contributed by atoms with Crippen LogP contribution >= 0.6 is 0 Å². The number of likely N-dealkylation sites (tertiary alicyclic amines) is 1. The van der Waals surface area contributed by atoms with Crippen LogP contribution in [0.25, 0.3) is 5.76 Å². The number of nitrogens with zero attached hydrogens (tertiary/aromatic N) is 2. The van der Waals surface area contributed by atoms with Gasteiger partial charge in [0.1, 0.15) is 11.5 Å². The number of benzene rings is 2. The molecule has 0 spiro atoms. The molecule has 0 aliphatic carbocycles. The number of aliphatic hydroxyl groups is 1. The van der Waals surface area contributed by atoms with E-state index < -0.39 is 17.7 Å². The smallest absolute Gasteiger partial charge is 0.295 e. The van der Waals surface area contributed by atoms with Gasteiger partial charge in [-0.15, -0.1) is 0 Å². The number of carbonyl (C=O) groups excluding carboxylic acids is 2. The van der Waals surface area contributed by atoms with Crippen molar-refractivity contribution in [2.45, 2.75) is 19.4 Å². The topological polar surface area (TPSA) is 99.5 Å². The number of hydrogen-bond acceptors (Lipinski definition) is 7. The molecular weight excluding hydrogens is 424 g/mol. The number of aliphatic hydroxyl groups excluding tert-OH is 1. The molecule has 0 aromatic heterocycles. The first kappa shape index (κ1) is 22.7. The maximum atomic E-state index is 13.1. The molecule has 1 fully saturated rings. The van der Waals surface area contributed by atoms with Crippen molar-refractivity contribution in [1.82, 2.24) is 9.80 Å². The quantitative estimate of drug-likeness (QED) is 0.379. The van der Waals surface area contributed by atoms with Crippen LogP contribution in [0.1, 0.15) is 29.7 Å². The number of Topliss-reactive ketones (excluding diaryl/α,β-unsaturated/α-hetero) is 1. The van der Waals surface area contributed by atoms with Gasteiger partial charge in [-0.25, -0.2) is 0 Å². The second kappa shape index (κ2) is 9.15. The van der Waals surface area contributed by atoms with Gasteiger partial charge < -0.3 is 29.5 Å². The summed E-state index contributed by atoms with van der Waals surface area (Å²) in [6, 6.07) is 9.16. The zero-order valence-corrected chi connectivity index (χ0v) is 19.0. The van der Waals surface area contributed by atoms with E-state index in [1.165, 1.54) is 11.0 Å². The van der Waals surface area contributed by atoms with E-state index >= 15 is 0 Å². The molecule has 8 heteroatoms. The summed E-state index contributed by atoms with van der Waals surface area (Å²) in [5.74, 6) is -0.661. The average Bonchev–Trinajstić information content (AvgIpc) is 3.36. The van der Waals surface area contributed by atoms with Crippen LogP contribution in [0.4, 0.5) is 0 Å². The fraction of sp³-hybridized carbons (Fsp3) is 0.360. The van der Waals surface area contributed by atoms with Crippen molar-refractivity contribution in [1.29, 1.82) is 0 Å². The van der Waals surface area contributed by atoms with Crippen molar-refractivity contribution < 1.29 is 29.3 Å². The number of likely N-dealkylation sites (N-methyl/N-ethyl adjacent to an activating group) is 1. The summed E-state index contributed by atoms with van der Waals surface area (Å²) < 4.78 is 11.1. The highest BCUT2D eigenvalue weighted by Gasteiger charge is 2.46. The van der Waals surface area contributed by atoms with E-state index in [-0.39, 0.29) is 22.8 Å². The summed E-state index contributed by atoms with van der Waals surface area (Å²) in [6.07, 6.45) is 0.715. The lowest BCUT2D eigenvalue weighted by Gasteiger charge is -2.27. The lowest BCUT2D eigenvalue weighted by atomic mass is 9.94. The first-order valence-corrected chi connectivity index (χ1v) is 11.0. The van der Waals surface area contributed by atoms with E-state index in [4.69, 9.17) is 9.47 Å². The fourth-order valence-corrected chi connectivity index (χ4v) is 4.23. The minimum absolute atomic E-state index is 0.0192. The van der Waals surface area contributed by atoms with Crippen LogP contribution < -0.4 is 9.47 Å². The normalized spacial score (nSPS) is 19.2. The maximum Gasteiger partial charge on any atom is 0.295 e. The van der Waals surface area contributed by atoms with E-state index in [9.17, 15) is 19.8 Å². The number of phenolic OH excluding ortho intramolecular Hbond substituents is 1. The molecule has 2 aliphatic heterocycles. The van der Waals surface area contributed by atoms with Gasteiger partial charge in [0.05, 0.1) is 24.8 Å². The SMILES string of the molecule is CCOc1cc(C2/C(=C(\O)c3ccc4c(c3)CCO4)C(=O)C(=O)N2CCN(C)C)ccc1O. The Balaban J connectivity index is 1.84. The van der Waals surface area contributed by atoms with Crippen molar-refractivity contribution in [3.8, 4) is 17.2 Å². The van der Waals surface area contributed by atoms with Gasteiger partial charge in [0.25, 0.3) is 11.7 Å². The molecule has 8 nitrogen and oxygen atoms in total. The number of ether oxygens (including phenoxy) is 2. The standard InChI is InChI=1S/C25H28N2O6/c1-4-32-20-14-16(5-7-18(20)28)22-21(24(30)25(31)27(22)11-10-26(2)3)23(29)17-6-8-19-15(13-17)9-12-33-19/h5-8,13-14,22,28-29H,4,9-12H2,1-3H3/b23-21+. The molecule has 33 heavy (non-hydrogen) atoms. The molecular formula is C25H28N2O6. The summed E-state index contributed by atoms with van der Waals surface area (Å²) >= 11 is 0. The van der Waals surface area contributed by atoms with Crippen LogP contribution in [0.15, 0.2) is 42.0 Å². The summed E-state index contributed by atoms with van der Waals surface area (Å²) in [6.45, 7) is 3.54. The molecule has 2 aliphatic rings. The molecule has 0 saturated carbocycles. The number of fused-ring (bicyclic) bond motifs is 1. The average molecular weight is 453 g/mol. The zero-order chi connectivity index (χ0) is 23.7. The molecule has 4 rings (SSSR count). The molecule has 1 unspecified atom stereocenters.